The van der Waals surface area contributed by atoms with Crippen LogP contribution in [0.4, 0.5) is 8.78 Å². The first kappa shape index (κ1) is 30.2. The molecule has 1 unspecified atom stereocenters. The molecule has 3 aromatic heterocycles. The molecule has 0 saturated heterocycles. The maximum absolute atomic E-state index is 16.0. The minimum atomic E-state index is -0.793. The van der Waals surface area contributed by atoms with E-state index in [0.717, 1.165) is 45.0 Å². The molecule has 0 spiro atoms. The number of halogens is 2. The van der Waals surface area contributed by atoms with E-state index in [1.54, 1.807) is 4.90 Å². The number of fused-ring (bicyclic) bond motifs is 3. The predicted octanol–water partition coefficient (Wildman–Crippen LogP) is 6.69. The normalized spacial score (nSPS) is 17.3. The third kappa shape index (κ3) is 5.18. The molecule has 8 nitrogen and oxygen atoms in total. The summed E-state index contributed by atoms with van der Waals surface area (Å²) < 4.78 is 44.2. The summed E-state index contributed by atoms with van der Waals surface area (Å²) in [6.07, 6.45) is 2.23. The average Bonchev–Trinajstić information content (AvgIpc) is 3.78. The molecule has 2 aliphatic rings. The van der Waals surface area contributed by atoms with Gasteiger partial charge in [-0.25, -0.2) is 13.8 Å². The third-order valence-corrected chi connectivity index (χ3v) is 9.68. The molecule has 0 saturated carbocycles. The van der Waals surface area contributed by atoms with Crippen LogP contribution in [0.2, 0.25) is 0 Å². The van der Waals surface area contributed by atoms with Crippen molar-refractivity contribution in [3.8, 4) is 39.5 Å². The lowest BCUT2D eigenvalue weighted by atomic mass is 9.95. The van der Waals surface area contributed by atoms with Crippen molar-refractivity contribution in [1.29, 1.82) is 0 Å². The summed E-state index contributed by atoms with van der Waals surface area (Å²) in [5, 5.41) is 18.3. The van der Waals surface area contributed by atoms with Crippen molar-refractivity contribution in [3.05, 3.63) is 89.0 Å². The zero-order valence-corrected chi connectivity index (χ0v) is 26.2. The van der Waals surface area contributed by atoms with E-state index < -0.39 is 17.7 Å². The van der Waals surface area contributed by atoms with Crippen molar-refractivity contribution < 1.29 is 28.2 Å². The van der Waals surface area contributed by atoms with Gasteiger partial charge in [0, 0.05) is 46.5 Å². The van der Waals surface area contributed by atoms with Crippen molar-refractivity contribution in [1.82, 2.24) is 19.7 Å². The third-order valence-electron chi connectivity index (χ3n) is 8.75. The highest BCUT2D eigenvalue weighted by molar-refractivity contribution is 7.18. The number of hydrogen-bond donors (Lipinski definition) is 1. The fourth-order valence-corrected chi connectivity index (χ4v) is 7.43. The second-order valence-corrected chi connectivity index (χ2v) is 12.6. The first-order chi connectivity index (χ1) is 22.3. The molecule has 0 radical (unpaired) electrons. The van der Waals surface area contributed by atoms with E-state index in [9.17, 15) is 14.3 Å². The van der Waals surface area contributed by atoms with Gasteiger partial charge in [-0.1, -0.05) is 18.7 Å². The summed E-state index contributed by atoms with van der Waals surface area (Å²) in [6.45, 7) is 6.68. The molecule has 4 heterocycles. The molecule has 11 heteroatoms. The van der Waals surface area contributed by atoms with E-state index >= 15 is 4.39 Å². The molecule has 236 valence electrons. The number of methoxy groups -OCH3 is 1. The number of hydrogen-bond acceptors (Lipinski definition) is 7. The van der Waals surface area contributed by atoms with Gasteiger partial charge in [0.25, 0.3) is 0 Å². The van der Waals surface area contributed by atoms with Gasteiger partial charge in [-0.15, -0.1) is 11.3 Å². The molecule has 2 atom stereocenters. The smallest absolute Gasteiger partial charge is 0.246 e. The number of benzene rings is 2. The van der Waals surface area contributed by atoms with Crippen LogP contribution in [0.1, 0.15) is 36.3 Å². The molecule has 1 amide bonds. The van der Waals surface area contributed by atoms with E-state index in [4.69, 9.17) is 19.6 Å². The SMILES string of the molecule is C=CC(=O)N1Cc2cc(-c3nc(-c4ccc5c(c4)[C@H](O)CC5)c4ccsc4c3-c3c(F)cc(F)cc3OCCOC)nn2CC1C. The van der Waals surface area contributed by atoms with Crippen molar-refractivity contribution in [2.45, 2.75) is 45.0 Å². The molecule has 1 N–H and O–H groups in total. The number of aliphatic hydroxyl groups is 1. The minimum absolute atomic E-state index is 0.0288. The summed E-state index contributed by atoms with van der Waals surface area (Å²) in [5.41, 5.74) is 5.63. The van der Waals surface area contributed by atoms with Crippen LogP contribution in [-0.4, -0.2) is 57.0 Å². The number of pyridine rings is 1. The number of aryl methyl sites for hydroxylation is 1. The van der Waals surface area contributed by atoms with Crippen molar-refractivity contribution >= 4 is 27.3 Å². The van der Waals surface area contributed by atoms with Gasteiger partial charge in [-0.05, 0) is 60.5 Å². The maximum atomic E-state index is 16.0. The van der Waals surface area contributed by atoms with Crippen LogP contribution in [0.5, 0.6) is 5.75 Å². The van der Waals surface area contributed by atoms with Crippen LogP contribution in [0.25, 0.3) is 43.9 Å². The highest BCUT2D eigenvalue weighted by Crippen LogP contribution is 2.47. The monoisotopic (exact) mass is 642 g/mol. The topological polar surface area (TPSA) is 89.7 Å². The summed E-state index contributed by atoms with van der Waals surface area (Å²) in [4.78, 5) is 19.5. The molecule has 0 bridgehead atoms. The Labute approximate surface area is 268 Å². The molecule has 2 aromatic carbocycles. The second kappa shape index (κ2) is 12.1. The van der Waals surface area contributed by atoms with E-state index in [1.165, 1.54) is 30.6 Å². The van der Waals surface area contributed by atoms with Gasteiger partial charge in [0.2, 0.25) is 5.91 Å². The molecule has 46 heavy (non-hydrogen) atoms. The number of carbonyl (C=O) groups excluding carboxylic acids is 1. The van der Waals surface area contributed by atoms with E-state index in [2.05, 4.69) is 6.58 Å². The minimum Gasteiger partial charge on any atom is -0.490 e. The van der Waals surface area contributed by atoms with Gasteiger partial charge in [-0.3, -0.25) is 9.48 Å². The largest absolute Gasteiger partial charge is 0.490 e. The Bertz CT molecular complexity index is 2000. The van der Waals surface area contributed by atoms with Crippen LogP contribution < -0.4 is 4.74 Å². The highest BCUT2D eigenvalue weighted by atomic mass is 32.1. The van der Waals surface area contributed by atoms with Crippen LogP contribution in [0.3, 0.4) is 0 Å². The van der Waals surface area contributed by atoms with Crippen LogP contribution in [0.15, 0.2) is 60.5 Å². The average molecular weight is 643 g/mol. The standard InChI is InChI=1S/C35H32F2N4O4S/c1-4-30(43)40-18-23-16-27(39-41(23)17-19(40)2)34-32(31-26(37)14-22(36)15-29(31)45-11-10-44-3)35-24(9-12-46-35)33(38-34)21-6-5-20-7-8-28(42)25(20)13-21/h4-6,9,12-16,19,28,42H,1,7-8,10-11,17-18H2,2-3H3/t19?,28-/m1/s1. The summed E-state index contributed by atoms with van der Waals surface area (Å²) in [5.74, 6) is -1.70. The van der Waals surface area contributed by atoms with Crippen molar-refractivity contribution in [2.75, 3.05) is 20.3 Å². The lowest BCUT2D eigenvalue weighted by Crippen LogP contribution is -2.44. The highest BCUT2D eigenvalue weighted by Gasteiger charge is 2.31. The van der Waals surface area contributed by atoms with Gasteiger partial charge < -0.3 is 19.5 Å². The van der Waals surface area contributed by atoms with Gasteiger partial charge in [-0.2, -0.15) is 5.10 Å². The molecule has 1 aliphatic heterocycles. The summed E-state index contributed by atoms with van der Waals surface area (Å²) in [6, 6.07) is 11.7. The predicted molar refractivity (Wildman–Crippen MR) is 172 cm³/mol. The summed E-state index contributed by atoms with van der Waals surface area (Å²) >= 11 is 1.42. The first-order valence-corrected chi connectivity index (χ1v) is 16.0. The maximum Gasteiger partial charge on any atom is 0.246 e. The Hall–Kier alpha value is -4.45. The van der Waals surface area contributed by atoms with Gasteiger partial charge in [0.05, 0.1) is 42.8 Å². The molecular weight excluding hydrogens is 610 g/mol. The van der Waals surface area contributed by atoms with E-state index in [1.807, 2.05) is 47.3 Å². The van der Waals surface area contributed by atoms with Crippen LogP contribution >= 0.6 is 11.3 Å². The molecular formula is C35H32F2N4O4S. The Morgan fingerprint density at radius 3 is 2.80 bits per heavy atom. The van der Waals surface area contributed by atoms with Crippen LogP contribution in [-0.2, 0) is 29.0 Å². The fraction of sp³-hybridized carbons (Fsp3) is 0.286. The zero-order valence-electron chi connectivity index (χ0n) is 25.4. The van der Waals surface area contributed by atoms with E-state index in [0.29, 0.717) is 42.2 Å². The molecule has 7 rings (SSSR count). The number of rotatable bonds is 8. The number of aliphatic hydroxyl groups excluding tert-OH is 1. The van der Waals surface area contributed by atoms with Crippen molar-refractivity contribution in [2.24, 2.45) is 0 Å². The number of aromatic nitrogens is 3. The lowest BCUT2D eigenvalue weighted by Gasteiger charge is -2.33. The van der Waals surface area contributed by atoms with Gasteiger partial charge in [0.1, 0.15) is 35.4 Å². The molecule has 5 aromatic rings. The Morgan fingerprint density at radius 2 is 2.00 bits per heavy atom. The molecule has 1 aliphatic carbocycles. The fourth-order valence-electron chi connectivity index (χ4n) is 6.48. The quantitative estimate of drug-likeness (QED) is 0.150. The summed E-state index contributed by atoms with van der Waals surface area (Å²) in [7, 11) is 1.52. The van der Waals surface area contributed by atoms with Crippen LogP contribution in [0, 0.1) is 11.6 Å². The Balaban J connectivity index is 1.48. The number of nitrogens with zero attached hydrogens (tertiary/aromatic N) is 4. The number of thiophene rings is 1. The second-order valence-electron chi connectivity index (χ2n) is 11.6. The molecule has 0 fully saturated rings. The lowest BCUT2D eigenvalue weighted by molar-refractivity contribution is -0.129. The number of ether oxygens (including phenoxy) is 2. The number of carbonyl (C=O) groups is 1. The first-order valence-electron chi connectivity index (χ1n) is 15.1. The van der Waals surface area contributed by atoms with Gasteiger partial charge >= 0.3 is 0 Å². The zero-order chi connectivity index (χ0) is 32.1. The Morgan fingerprint density at radius 1 is 1.15 bits per heavy atom. The van der Waals surface area contributed by atoms with Gasteiger partial charge in [0.15, 0.2) is 0 Å². The number of amides is 1. The van der Waals surface area contributed by atoms with Crippen molar-refractivity contribution in [3.63, 3.8) is 0 Å². The Kier molecular flexibility index (Phi) is 7.92. The van der Waals surface area contributed by atoms with E-state index in [-0.39, 0.29) is 36.5 Å².